The quantitative estimate of drug-likeness (QED) is 0.683. The average Bonchev–Trinajstić information content (AvgIpc) is 2.66. The summed E-state index contributed by atoms with van der Waals surface area (Å²) in [6, 6.07) is 15.3. The third kappa shape index (κ3) is 3.91. The van der Waals surface area contributed by atoms with Gasteiger partial charge in [0.1, 0.15) is 23.9 Å². The summed E-state index contributed by atoms with van der Waals surface area (Å²) >= 11 is 12.1. The van der Waals surface area contributed by atoms with Crippen LogP contribution in [0.4, 0.5) is 17.2 Å². The van der Waals surface area contributed by atoms with E-state index >= 15 is 0 Å². The lowest BCUT2D eigenvalue weighted by Gasteiger charge is -2.10. The Hall–Kier alpha value is -3.14. The van der Waals surface area contributed by atoms with Gasteiger partial charge in [0.15, 0.2) is 0 Å². The molecule has 0 saturated carbocycles. The first-order valence-corrected chi connectivity index (χ1v) is 8.17. The van der Waals surface area contributed by atoms with Gasteiger partial charge in [-0.05, 0) is 24.3 Å². The summed E-state index contributed by atoms with van der Waals surface area (Å²) in [7, 11) is 0. The van der Waals surface area contributed by atoms with Crippen molar-refractivity contribution in [1.82, 2.24) is 9.97 Å². The number of rotatable bonds is 4. The number of aromatic nitrogens is 2. The van der Waals surface area contributed by atoms with E-state index in [1.165, 1.54) is 12.4 Å². The first-order chi connectivity index (χ1) is 12.6. The van der Waals surface area contributed by atoms with Gasteiger partial charge in [-0.3, -0.25) is 4.79 Å². The van der Waals surface area contributed by atoms with E-state index in [4.69, 9.17) is 28.5 Å². The van der Waals surface area contributed by atoms with E-state index in [9.17, 15) is 4.79 Å². The third-order valence-electron chi connectivity index (χ3n) is 3.41. The summed E-state index contributed by atoms with van der Waals surface area (Å²) in [6.07, 6.45) is 1.26. The molecular weight excluding hydrogens is 373 g/mol. The highest BCUT2D eigenvalue weighted by Crippen LogP contribution is 2.31. The molecule has 0 radical (unpaired) electrons. The van der Waals surface area contributed by atoms with E-state index < -0.39 is 5.91 Å². The fraction of sp³-hybridized carbons (Fsp3) is 0. The molecule has 8 heteroatoms. The minimum atomic E-state index is -0.463. The van der Waals surface area contributed by atoms with Crippen LogP contribution in [0.3, 0.4) is 0 Å². The molecule has 2 N–H and O–H groups in total. The fourth-order valence-electron chi connectivity index (χ4n) is 2.16. The number of hydrogen-bond acceptors (Lipinski definition) is 5. The van der Waals surface area contributed by atoms with Gasteiger partial charge in [0.25, 0.3) is 5.91 Å². The molecule has 0 unspecified atom stereocenters. The molecule has 0 fully saturated rings. The van der Waals surface area contributed by atoms with Crippen molar-refractivity contribution in [1.29, 1.82) is 5.26 Å². The number of para-hydroxylation sites is 1. The van der Waals surface area contributed by atoms with Crippen molar-refractivity contribution in [3.05, 3.63) is 76.2 Å². The SMILES string of the molecule is N#Cc1ccccc1NC(=O)c1cc(Nc2cccc(Cl)c2Cl)ncn1. The van der Waals surface area contributed by atoms with Crippen LogP contribution in [-0.4, -0.2) is 15.9 Å². The number of amides is 1. The second-order valence-corrected chi connectivity index (χ2v) is 5.91. The summed E-state index contributed by atoms with van der Waals surface area (Å²) in [5.41, 5.74) is 1.46. The monoisotopic (exact) mass is 383 g/mol. The largest absolute Gasteiger partial charge is 0.339 e. The molecule has 128 valence electrons. The van der Waals surface area contributed by atoms with Gasteiger partial charge in [-0.2, -0.15) is 5.26 Å². The van der Waals surface area contributed by atoms with Crippen LogP contribution in [0.1, 0.15) is 16.1 Å². The van der Waals surface area contributed by atoms with Gasteiger partial charge in [-0.15, -0.1) is 0 Å². The molecule has 1 aromatic heterocycles. The number of nitriles is 1. The van der Waals surface area contributed by atoms with E-state index in [1.807, 2.05) is 6.07 Å². The maximum Gasteiger partial charge on any atom is 0.274 e. The molecule has 0 atom stereocenters. The topological polar surface area (TPSA) is 90.7 Å². The summed E-state index contributed by atoms with van der Waals surface area (Å²) in [4.78, 5) is 20.5. The Balaban J connectivity index is 1.82. The van der Waals surface area contributed by atoms with E-state index in [2.05, 4.69) is 20.6 Å². The number of anilines is 3. The minimum absolute atomic E-state index is 0.133. The highest BCUT2D eigenvalue weighted by Gasteiger charge is 2.12. The van der Waals surface area contributed by atoms with Crippen molar-refractivity contribution in [3.63, 3.8) is 0 Å². The third-order valence-corrected chi connectivity index (χ3v) is 4.23. The molecule has 3 aromatic rings. The lowest BCUT2D eigenvalue weighted by molar-refractivity contribution is 0.102. The lowest BCUT2D eigenvalue weighted by Crippen LogP contribution is -2.15. The molecular formula is C18H11Cl2N5O. The number of halogens is 2. The van der Waals surface area contributed by atoms with Gasteiger partial charge in [0.2, 0.25) is 0 Å². The van der Waals surface area contributed by atoms with Crippen LogP contribution in [0.15, 0.2) is 54.9 Å². The maximum absolute atomic E-state index is 12.4. The summed E-state index contributed by atoms with van der Waals surface area (Å²) in [5.74, 6) is -0.0850. The van der Waals surface area contributed by atoms with Gasteiger partial charge in [0.05, 0.1) is 27.0 Å². The number of hydrogen-bond donors (Lipinski definition) is 2. The van der Waals surface area contributed by atoms with Crippen LogP contribution in [-0.2, 0) is 0 Å². The lowest BCUT2D eigenvalue weighted by atomic mass is 10.2. The van der Waals surface area contributed by atoms with Crippen LogP contribution >= 0.6 is 23.2 Å². The molecule has 3 rings (SSSR count). The van der Waals surface area contributed by atoms with E-state index in [1.54, 1.807) is 42.5 Å². The van der Waals surface area contributed by atoms with Crippen molar-refractivity contribution in [2.45, 2.75) is 0 Å². The summed E-state index contributed by atoms with van der Waals surface area (Å²) < 4.78 is 0. The predicted molar refractivity (Wildman–Crippen MR) is 101 cm³/mol. The highest BCUT2D eigenvalue weighted by atomic mass is 35.5. The minimum Gasteiger partial charge on any atom is -0.339 e. The van der Waals surface area contributed by atoms with Crippen LogP contribution in [0.5, 0.6) is 0 Å². The number of benzene rings is 2. The zero-order valence-electron chi connectivity index (χ0n) is 13.2. The molecule has 26 heavy (non-hydrogen) atoms. The predicted octanol–water partition coefficient (Wildman–Crippen LogP) is 4.65. The van der Waals surface area contributed by atoms with Crippen molar-refractivity contribution >= 4 is 46.3 Å². The zero-order valence-corrected chi connectivity index (χ0v) is 14.7. The zero-order chi connectivity index (χ0) is 18.5. The van der Waals surface area contributed by atoms with Gasteiger partial charge in [-0.25, -0.2) is 9.97 Å². The number of nitrogens with one attached hydrogen (secondary N) is 2. The number of carbonyl (C=O) groups is 1. The van der Waals surface area contributed by atoms with E-state index in [-0.39, 0.29) is 5.69 Å². The van der Waals surface area contributed by atoms with Crippen LogP contribution in [0.25, 0.3) is 0 Å². The van der Waals surface area contributed by atoms with Crippen LogP contribution in [0, 0.1) is 11.3 Å². The molecule has 1 amide bonds. The molecule has 1 heterocycles. The molecule has 0 bridgehead atoms. The number of carbonyl (C=O) groups excluding carboxylic acids is 1. The summed E-state index contributed by atoms with van der Waals surface area (Å²) in [6.45, 7) is 0. The van der Waals surface area contributed by atoms with Gasteiger partial charge in [0, 0.05) is 6.07 Å². The van der Waals surface area contributed by atoms with Crippen molar-refractivity contribution in [2.75, 3.05) is 10.6 Å². The van der Waals surface area contributed by atoms with Crippen LogP contribution < -0.4 is 10.6 Å². The fourth-order valence-corrected chi connectivity index (χ4v) is 2.51. The Morgan fingerprint density at radius 1 is 1.04 bits per heavy atom. The molecule has 0 aliphatic heterocycles. The normalized spacial score (nSPS) is 10.0. The molecule has 0 saturated heterocycles. The van der Waals surface area contributed by atoms with Gasteiger partial charge < -0.3 is 10.6 Å². The Morgan fingerprint density at radius 2 is 1.81 bits per heavy atom. The Labute approximate surface area is 159 Å². The van der Waals surface area contributed by atoms with Gasteiger partial charge >= 0.3 is 0 Å². The first-order valence-electron chi connectivity index (χ1n) is 7.42. The molecule has 6 nitrogen and oxygen atoms in total. The Kier molecular flexibility index (Phi) is 5.32. The molecule has 2 aromatic carbocycles. The average molecular weight is 384 g/mol. The molecule has 0 spiro atoms. The summed E-state index contributed by atoms with van der Waals surface area (Å²) in [5, 5.41) is 15.5. The van der Waals surface area contributed by atoms with Crippen molar-refractivity contribution < 1.29 is 4.79 Å². The highest BCUT2D eigenvalue weighted by molar-refractivity contribution is 6.43. The van der Waals surface area contributed by atoms with Crippen molar-refractivity contribution in [3.8, 4) is 6.07 Å². The van der Waals surface area contributed by atoms with E-state index in [0.717, 1.165) is 0 Å². The Bertz CT molecular complexity index is 1020. The van der Waals surface area contributed by atoms with Gasteiger partial charge in [-0.1, -0.05) is 41.4 Å². The number of nitrogens with zero attached hydrogens (tertiary/aromatic N) is 3. The van der Waals surface area contributed by atoms with Crippen LogP contribution in [0.2, 0.25) is 10.0 Å². The van der Waals surface area contributed by atoms with Crippen molar-refractivity contribution in [2.24, 2.45) is 0 Å². The smallest absolute Gasteiger partial charge is 0.274 e. The standard InChI is InChI=1S/C18H11Cl2N5O/c19-12-5-3-7-14(17(12)20)24-16-8-15(22-10-23-16)18(26)25-13-6-2-1-4-11(13)9-21/h1-8,10H,(H,25,26)(H,22,23,24). The maximum atomic E-state index is 12.4. The Morgan fingerprint density at radius 3 is 2.62 bits per heavy atom. The second kappa shape index (κ2) is 7.83. The second-order valence-electron chi connectivity index (χ2n) is 5.13. The van der Waals surface area contributed by atoms with E-state index in [0.29, 0.717) is 32.8 Å². The molecule has 0 aliphatic rings. The first kappa shape index (κ1) is 17.7. The molecule has 0 aliphatic carbocycles.